The van der Waals surface area contributed by atoms with Gasteiger partial charge in [0.2, 0.25) is 5.91 Å². The number of thioether (sulfide) groups is 1. The number of nitrogens with two attached hydrogens (primary N) is 1. The molecule has 1 atom stereocenters. The minimum absolute atomic E-state index is 0. The van der Waals surface area contributed by atoms with Gasteiger partial charge in [0, 0.05) is 36.4 Å². The summed E-state index contributed by atoms with van der Waals surface area (Å²) in [6, 6.07) is 4.03. The molecule has 0 aromatic carbocycles. The maximum Gasteiger partial charge on any atom is 0.232 e. The van der Waals surface area contributed by atoms with Crippen LogP contribution in [0.4, 0.5) is 0 Å². The van der Waals surface area contributed by atoms with Crippen LogP contribution in [0.1, 0.15) is 20.3 Å². The van der Waals surface area contributed by atoms with E-state index in [1.54, 1.807) is 24.2 Å². The minimum atomic E-state index is 0. The van der Waals surface area contributed by atoms with Crippen LogP contribution >= 0.6 is 24.2 Å². The second-order valence-corrected chi connectivity index (χ2v) is 6.72. The van der Waals surface area contributed by atoms with Crippen molar-refractivity contribution in [2.24, 2.45) is 11.1 Å². The lowest BCUT2D eigenvalue weighted by molar-refractivity contribution is -0.131. The molecule has 112 valence electrons. The van der Waals surface area contributed by atoms with E-state index in [1.807, 2.05) is 17.0 Å². The van der Waals surface area contributed by atoms with Gasteiger partial charge in [0.15, 0.2) is 0 Å². The molecule has 0 radical (unpaired) electrons. The lowest BCUT2D eigenvalue weighted by atomic mass is 9.80. The maximum absolute atomic E-state index is 12.2. The molecule has 1 saturated heterocycles. The summed E-state index contributed by atoms with van der Waals surface area (Å²) in [5, 5.41) is 0. The number of hydrogen-bond acceptors (Lipinski definition) is 4. The van der Waals surface area contributed by atoms with E-state index in [4.69, 9.17) is 5.73 Å². The Labute approximate surface area is 130 Å². The predicted octanol–water partition coefficient (Wildman–Crippen LogP) is 2.18. The monoisotopic (exact) mass is 315 g/mol. The van der Waals surface area contributed by atoms with E-state index in [-0.39, 0.29) is 29.8 Å². The van der Waals surface area contributed by atoms with Crippen LogP contribution < -0.4 is 5.73 Å². The summed E-state index contributed by atoms with van der Waals surface area (Å²) in [5.74, 6) is 0.678. The van der Waals surface area contributed by atoms with Gasteiger partial charge in [-0.25, -0.2) is 0 Å². The molecule has 0 aliphatic carbocycles. The Kier molecular flexibility index (Phi) is 6.30. The number of halogens is 1. The van der Waals surface area contributed by atoms with Crippen molar-refractivity contribution in [3.05, 3.63) is 24.5 Å². The van der Waals surface area contributed by atoms with Crippen LogP contribution in [0, 0.1) is 5.41 Å². The highest BCUT2D eigenvalue weighted by atomic mass is 35.5. The van der Waals surface area contributed by atoms with Crippen LogP contribution in [0.5, 0.6) is 0 Å². The molecule has 1 aromatic heterocycles. The SMILES string of the molecule is CC1(C)CN(C(=O)CSc2ccncc2)CCC1N.Cl. The molecule has 0 bridgehead atoms. The molecule has 0 saturated carbocycles. The van der Waals surface area contributed by atoms with E-state index in [1.165, 1.54) is 0 Å². The van der Waals surface area contributed by atoms with Gasteiger partial charge in [0.25, 0.3) is 0 Å². The normalized spacial score (nSPS) is 21.1. The van der Waals surface area contributed by atoms with Crippen molar-refractivity contribution in [1.29, 1.82) is 0 Å². The van der Waals surface area contributed by atoms with Crippen LogP contribution in [-0.2, 0) is 4.79 Å². The van der Waals surface area contributed by atoms with Gasteiger partial charge < -0.3 is 10.6 Å². The molecule has 2 heterocycles. The highest BCUT2D eigenvalue weighted by Gasteiger charge is 2.35. The first-order chi connectivity index (χ1) is 8.99. The van der Waals surface area contributed by atoms with Gasteiger partial charge in [-0.05, 0) is 24.0 Å². The zero-order valence-electron chi connectivity index (χ0n) is 11.9. The molecule has 1 fully saturated rings. The van der Waals surface area contributed by atoms with E-state index < -0.39 is 0 Å². The topological polar surface area (TPSA) is 59.2 Å². The number of nitrogens with zero attached hydrogens (tertiary/aromatic N) is 2. The summed E-state index contributed by atoms with van der Waals surface area (Å²) < 4.78 is 0. The van der Waals surface area contributed by atoms with Gasteiger partial charge in [-0.1, -0.05) is 13.8 Å². The molecule has 1 aromatic rings. The summed E-state index contributed by atoms with van der Waals surface area (Å²) in [6.07, 6.45) is 4.38. The number of aromatic nitrogens is 1. The van der Waals surface area contributed by atoms with Gasteiger partial charge in [0.05, 0.1) is 5.75 Å². The number of piperidine rings is 1. The summed E-state index contributed by atoms with van der Waals surface area (Å²) >= 11 is 1.56. The Morgan fingerprint density at radius 3 is 2.75 bits per heavy atom. The molecule has 0 spiro atoms. The van der Waals surface area contributed by atoms with Gasteiger partial charge in [-0.15, -0.1) is 24.2 Å². The van der Waals surface area contributed by atoms with E-state index >= 15 is 0 Å². The fourth-order valence-electron chi connectivity index (χ4n) is 2.26. The first kappa shape index (κ1) is 17.3. The summed E-state index contributed by atoms with van der Waals surface area (Å²) in [5.41, 5.74) is 6.10. The van der Waals surface area contributed by atoms with Crippen molar-refractivity contribution in [3.8, 4) is 0 Å². The number of hydrogen-bond donors (Lipinski definition) is 1. The van der Waals surface area contributed by atoms with Crippen LogP contribution in [0.25, 0.3) is 0 Å². The third-order valence-corrected chi connectivity index (χ3v) is 4.67. The third-order valence-electron chi connectivity index (χ3n) is 3.68. The maximum atomic E-state index is 12.2. The Hall–Kier alpha value is -0.780. The number of carbonyl (C=O) groups excluding carboxylic acids is 1. The highest BCUT2D eigenvalue weighted by Crippen LogP contribution is 2.28. The van der Waals surface area contributed by atoms with Crippen molar-refractivity contribution >= 4 is 30.1 Å². The number of amides is 1. The average molecular weight is 316 g/mol. The number of likely N-dealkylation sites (tertiary alicyclic amines) is 1. The minimum Gasteiger partial charge on any atom is -0.341 e. The zero-order valence-corrected chi connectivity index (χ0v) is 13.5. The van der Waals surface area contributed by atoms with Crippen molar-refractivity contribution in [1.82, 2.24) is 9.88 Å². The van der Waals surface area contributed by atoms with Crippen LogP contribution in [-0.4, -0.2) is 40.7 Å². The van der Waals surface area contributed by atoms with E-state index in [0.29, 0.717) is 5.75 Å². The van der Waals surface area contributed by atoms with E-state index in [2.05, 4.69) is 18.8 Å². The van der Waals surface area contributed by atoms with Crippen LogP contribution in [0.3, 0.4) is 0 Å². The van der Waals surface area contributed by atoms with E-state index in [9.17, 15) is 4.79 Å². The molecule has 1 aliphatic rings. The van der Waals surface area contributed by atoms with Crippen LogP contribution in [0.15, 0.2) is 29.4 Å². The highest BCUT2D eigenvalue weighted by molar-refractivity contribution is 8.00. The first-order valence-electron chi connectivity index (χ1n) is 6.55. The van der Waals surface area contributed by atoms with E-state index in [0.717, 1.165) is 24.4 Å². The molecule has 4 nitrogen and oxygen atoms in total. The summed E-state index contributed by atoms with van der Waals surface area (Å²) in [6.45, 7) is 5.80. The largest absolute Gasteiger partial charge is 0.341 e. The molecule has 1 aliphatic heterocycles. The Bertz CT molecular complexity index is 441. The van der Waals surface area contributed by atoms with Gasteiger partial charge in [0.1, 0.15) is 0 Å². The van der Waals surface area contributed by atoms with Crippen molar-refractivity contribution in [3.63, 3.8) is 0 Å². The molecule has 2 rings (SSSR count). The van der Waals surface area contributed by atoms with Crippen LogP contribution in [0.2, 0.25) is 0 Å². The Morgan fingerprint density at radius 2 is 2.15 bits per heavy atom. The third kappa shape index (κ3) is 4.36. The van der Waals surface area contributed by atoms with Gasteiger partial charge in [-0.3, -0.25) is 9.78 Å². The average Bonchev–Trinajstić information content (AvgIpc) is 2.40. The number of pyridine rings is 1. The summed E-state index contributed by atoms with van der Waals surface area (Å²) in [7, 11) is 0. The van der Waals surface area contributed by atoms with Crippen molar-refractivity contribution in [2.75, 3.05) is 18.8 Å². The molecular weight excluding hydrogens is 294 g/mol. The summed E-state index contributed by atoms with van der Waals surface area (Å²) in [4.78, 5) is 19.2. The Morgan fingerprint density at radius 1 is 1.50 bits per heavy atom. The number of carbonyl (C=O) groups is 1. The lowest BCUT2D eigenvalue weighted by Gasteiger charge is -2.42. The van der Waals surface area contributed by atoms with Gasteiger partial charge in [-0.2, -0.15) is 0 Å². The first-order valence-corrected chi connectivity index (χ1v) is 7.54. The fraction of sp³-hybridized carbons (Fsp3) is 0.571. The van der Waals surface area contributed by atoms with Crippen molar-refractivity contribution in [2.45, 2.75) is 31.2 Å². The molecule has 6 heteroatoms. The fourth-order valence-corrected chi connectivity index (χ4v) is 3.04. The second-order valence-electron chi connectivity index (χ2n) is 5.67. The molecular formula is C14H22ClN3OS. The van der Waals surface area contributed by atoms with Gasteiger partial charge >= 0.3 is 0 Å². The second kappa shape index (κ2) is 7.29. The molecule has 2 N–H and O–H groups in total. The molecule has 20 heavy (non-hydrogen) atoms. The smallest absolute Gasteiger partial charge is 0.232 e. The predicted molar refractivity (Wildman–Crippen MR) is 85.2 cm³/mol. The standard InChI is InChI=1S/C14H21N3OS.ClH/c1-14(2)10-17(8-5-12(14)15)13(18)9-19-11-3-6-16-7-4-11;/h3-4,6-7,12H,5,8-10,15H2,1-2H3;1H. The molecule has 1 amide bonds. The van der Waals surface area contributed by atoms with Crippen molar-refractivity contribution < 1.29 is 4.79 Å². The number of rotatable bonds is 3. The quantitative estimate of drug-likeness (QED) is 0.869. The zero-order chi connectivity index (χ0) is 13.9. The lowest BCUT2D eigenvalue weighted by Crippen LogP contribution is -2.54. The Balaban J connectivity index is 0.00000200. The molecule has 1 unspecified atom stereocenters.